The quantitative estimate of drug-likeness (QED) is 0.518. The van der Waals surface area contributed by atoms with Gasteiger partial charge in [0.15, 0.2) is 0 Å². The van der Waals surface area contributed by atoms with Gasteiger partial charge in [-0.15, -0.1) is 0 Å². The first-order chi connectivity index (χ1) is 13.3. The molecule has 0 amide bonds. The number of aliphatic hydroxyl groups is 1. The monoisotopic (exact) mass is 388 g/mol. The van der Waals surface area contributed by atoms with E-state index in [1.807, 2.05) is 0 Å². The fourth-order valence-corrected chi connectivity index (χ4v) is 9.26. The Morgan fingerprint density at radius 3 is 2.29 bits per heavy atom. The van der Waals surface area contributed by atoms with Crippen LogP contribution in [0.4, 0.5) is 0 Å². The van der Waals surface area contributed by atoms with Gasteiger partial charge in [-0.25, -0.2) is 0 Å². The van der Waals surface area contributed by atoms with Crippen LogP contribution in [0.25, 0.3) is 0 Å². The predicted molar refractivity (Wildman–Crippen MR) is 119 cm³/mol. The molecular formula is C27H48O. The van der Waals surface area contributed by atoms with E-state index in [-0.39, 0.29) is 6.10 Å². The van der Waals surface area contributed by atoms with Crippen molar-refractivity contribution in [3.63, 3.8) is 0 Å². The van der Waals surface area contributed by atoms with E-state index < -0.39 is 0 Å². The van der Waals surface area contributed by atoms with Crippen molar-refractivity contribution >= 4 is 0 Å². The second-order valence-corrected chi connectivity index (χ2v) is 12.6. The lowest BCUT2D eigenvalue weighted by atomic mass is 9.44. The van der Waals surface area contributed by atoms with Crippen molar-refractivity contribution < 1.29 is 5.11 Å². The minimum absolute atomic E-state index is 0.00830. The normalized spacial score (nSPS) is 49.4. The van der Waals surface area contributed by atoms with Crippen LogP contribution in [0.2, 0.25) is 0 Å². The molecule has 0 saturated heterocycles. The molecule has 1 unspecified atom stereocenters. The molecule has 4 saturated carbocycles. The average Bonchev–Trinajstić information content (AvgIpc) is 2.99. The summed E-state index contributed by atoms with van der Waals surface area (Å²) in [4.78, 5) is 0. The maximum absolute atomic E-state index is 10.3. The molecule has 0 aliphatic heterocycles. The van der Waals surface area contributed by atoms with E-state index in [2.05, 4.69) is 34.6 Å². The third-order valence-electron chi connectivity index (χ3n) is 10.8. The van der Waals surface area contributed by atoms with Gasteiger partial charge in [0.25, 0.3) is 0 Å². The maximum Gasteiger partial charge on any atom is 0.0543 e. The number of hydrogen-bond donors (Lipinski definition) is 1. The number of fused-ring (bicyclic) bond motifs is 5. The lowest BCUT2D eigenvalue weighted by Crippen LogP contribution is -2.54. The second-order valence-electron chi connectivity index (χ2n) is 12.6. The third kappa shape index (κ3) is 3.50. The van der Waals surface area contributed by atoms with Gasteiger partial charge in [0.05, 0.1) is 6.10 Å². The topological polar surface area (TPSA) is 20.2 Å². The van der Waals surface area contributed by atoms with E-state index in [0.717, 1.165) is 54.3 Å². The Bertz CT molecular complexity index is 540. The van der Waals surface area contributed by atoms with Crippen LogP contribution in [0.15, 0.2) is 0 Å². The molecule has 0 heterocycles. The molecule has 0 aromatic carbocycles. The molecule has 0 bridgehead atoms. The van der Waals surface area contributed by atoms with Crippen molar-refractivity contribution in [3.05, 3.63) is 0 Å². The van der Waals surface area contributed by atoms with E-state index in [1.54, 1.807) is 0 Å². The minimum atomic E-state index is -0.00830. The molecular weight excluding hydrogens is 340 g/mol. The standard InChI is InChI=1S/C27H48O/c1-18(2)7-6-8-19(3)23-11-12-24-22-10-9-20-17-21(28)13-15-26(20,4)25(22)14-16-27(23,24)5/h18-25,28H,6-17H2,1-5H3/t19-,20+,21?,22+,23-,24+,25+,26+,27-/m1/s1. The van der Waals surface area contributed by atoms with Crippen LogP contribution in [-0.2, 0) is 0 Å². The minimum Gasteiger partial charge on any atom is -0.393 e. The Kier molecular flexibility index (Phi) is 5.98. The first kappa shape index (κ1) is 21.2. The van der Waals surface area contributed by atoms with Gasteiger partial charge in [-0.2, -0.15) is 0 Å². The SMILES string of the molecule is CC(C)CCC[C@@H](C)[C@H]1CC[C@H]2[C@@H]3CC[C@H]4CC(O)CC[C@]4(C)[C@H]3CC[C@]12C. The summed E-state index contributed by atoms with van der Waals surface area (Å²) in [5, 5.41) is 10.3. The molecule has 162 valence electrons. The summed E-state index contributed by atoms with van der Waals surface area (Å²) < 4.78 is 0. The van der Waals surface area contributed by atoms with Crippen LogP contribution in [0.3, 0.4) is 0 Å². The van der Waals surface area contributed by atoms with Gasteiger partial charge in [0.2, 0.25) is 0 Å². The van der Waals surface area contributed by atoms with Crippen LogP contribution in [0.1, 0.15) is 112 Å². The Balaban J connectivity index is 1.46. The molecule has 0 aromatic rings. The van der Waals surface area contributed by atoms with Gasteiger partial charge in [-0.1, -0.05) is 53.9 Å². The highest BCUT2D eigenvalue weighted by Gasteiger charge is 2.60. The Morgan fingerprint density at radius 2 is 1.54 bits per heavy atom. The third-order valence-corrected chi connectivity index (χ3v) is 10.8. The Hall–Kier alpha value is -0.0400. The summed E-state index contributed by atoms with van der Waals surface area (Å²) in [6.07, 6.45) is 16.6. The second kappa shape index (κ2) is 7.90. The number of rotatable bonds is 5. The molecule has 1 heteroatoms. The van der Waals surface area contributed by atoms with Crippen LogP contribution in [-0.4, -0.2) is 11.2 Å². The van der Waals surface area contributed by atoms with Crippen LogP contribution in [0, 0.1) is 52.3 Å². The van der Waals surface area contributed by atoms with Crippen molar-refractivity contribution in [2.45, 2.75) is 118 Å². The maximum atomic E-state index is 10.3. The fourth-order valence-electron chi connectivity index (χ4n) is 9.26. The first-order valence-corrected chi connectivity index (χ1v) is 12.9. The molecule has 0 spiro atoms. The van der Waals surface area contributed by atoms with Gasteiger partial charge in [-0.3, -0.25) is 0 Å². The summed E-state index contributed by atoms with van der Waals surface area (Å²) in [5.41, 5.74) is 1.15. The molecule has 28 heavy (non-hydrogen) atoms. The van der Waals surface area contributed by atoms with E-state index in [4.69, 9.17) is 0 Å². The fraction of sp³-hybridized carbons (Fsp3) is 1.00. The largest absolute Gasteiger partial charge is 0.393 e. The molecule has 9 atom stereocenters. The average molecular weight is 389 g/mol. The Labute approximate surface area is 175 Å². The molecule has 1 nitrogen and oxygen atoms in total. The highest BCUT2D eigenvalue weighted by molar-refractivity contribution is 5.09. The van der Waals surface area contributed by atoms with E-state index in [9.17, 15) is 5.11 Å². The lowest BCUT2D eigenvalue weighted by molar-refractivity contribution is -0.129. The highest BCUT2D eigenvalue weighted by Crippen LogP contribution is 2.68. The first-order valence-electron chi connectivity index (χ1n) is 12.9. The van der Waals surface area contributed by atoms with Crippen LogP contribution >= 0.6 is 0 Å². The van der Waals surface area contributed by atoms with Gasteiger partial charge in [0.1, 0.15) is 0 Å². The van der Waals surface area contributed by atoms with Gasteiger partial charge < -0.3 is 5.11 Å². The number of hydrogen-bond acceptors (Lipinski definition) is 1. The molecule has 4 fully saturated rings. The lowest BCUT2D eigenvalue weighted by Gasteiger charge is -2.61. The van der Waals surface area contributed by atoms with Gasteiger partial charge in [0, 0.05) is 0 Å². The molecule has 4 rings (SSSR count). The summed E-state index contributed by atoms with van der Waals surface area (Å²) >= 11 is 0. The van der Waals surface area contributed by atoms with E-state index in [1.165, 1.54) is 64.2 Å². The molecule has 1 N–H and O–H groups in total. The summed E-state index contributed by atoms with van der Waals surface area (Å²) in [6.45, 7) is 12.7. The summed E-state index contributed by atoms with van der Waals surface area (Å²) in [6, 6.07) is 0. The molecule has 4 aliphatic carbocycles. The van der Waals surface area contributed by atoms with E-state index in [0.29, 0.717) is 10.8 Å². The Morgan fingerprint density at radius 1 is 0.821 bits per heavy atom. The van der Waals surface area contributed by atoms with E-state index >= 15 is 0 Å². The zero-order valence-corrected chi connectivity index (χ0v) is 19.6. The van der Waals surface area contributed by atoms with Crippen molar-refractivity contribution in [3.8, 4) is 0 Å². The van der Waals surface area contributed by atoms with Crippen molar-refractivity contribution in [1.29, 1.82) is 0 Å². The summed E-state index contributed by atoms with van der Waals surface area (Å²) in [7, 11) is 0. The van der Waals surface area contributed by atoms with Crippen LogP contribution < -0.4 is 0 Å². The molecule has 4 aliphatic rings. The highest BCUT2D eigenvalue weighted by atomic mass is 16.3. The van der Waals surface area contributed by atoms with Gasteiger partial charge >= 0.3 is 0 Å². The zero-order valence-electron chi connectivity index (χ0n) is 19.6. The number of aliphatic hydroxyl groups excluding tert-OH is 1. The smallest absolute Gasteiger partial charge is 0.0543 e. The zero-order chi connectivity index (χ0) is 20.1. The van der Waals surface area contributed by atoms with Crippen molar-refractivity contribution in [2.24, 2.45) is 52.3 Å². The molecule has 0 radical (unpaired) electrons. The van der Waals surface area contributed by atoms with Gasteiger partial charge in [-0.05, 0) is 110 Å². The summed E-state index contributed by atoms with van der Waals surface area (Å²) in [5.74, 6) is 6.49. The molecule has 0 aromatic heterocycles. The van der Waals surface area contributed by atoms with Crippen molar-refractivity contribution in [1.82, 2.24) is 0 Å². The van der Waals surface area contributed by atoms with Crippen molar-refractivity contribution in [2.75, 3.05) is 0 Å². The van der Waals surface area contributed by atoms with Crippen LogP contribution in [0.5, 0.6) is 0 Å². The predicted octanol–water partition coefficient (Wildman–Crippen LogP) is 7.47.